The van der Waals surface area contributed by atoms with Crippen molar-refractivity contribution in [3.8, 4) is 11.8 Å². The number of piperazine rings is 1. The van der Waals surface area contributed by atoms with E-state index < -0.39 is 0 Å². The first-order chi connectivity index (χ1) is 20.4. The van der Waals surface area contributed by atoms with Gasteiger partial charge < -0.3 is 15.0 Å². The van der Waals surface area contributed by atoms with Crippen molar-refractivity contribution in [2.24, 2.45) is 0 Å². The van der Waals surface area contributed by atoms with Crippen LogP contribution in [-0.4, -0.2) is 84.2 Å². The highest BCUT2D eigenvalue weighted by atomic mass is 35.5. The molecule has 1 aromatic heterocycles. The van der Waals surface area contributed by atoms with E-state index in [2.05, 4.69) is 57.0 Å². The van der Waals surface area contributed by atoms with E-state index in [0.717, 1.165) is 67.3 Å². The van der Waals surface area contributed by atoms with Gasteiger partial charge in [0, 0.05) is 74.5 Å². The minimum Gasteiger partial charge on any atom is -0.487 e. The second-order valence-corrected chi connectivity index (χ2v) is 12.7. The zero-order chi connectivity index (χ0) is 29.1. The van der Waals surface area contributed by atoms with E-state index in [9.17, 15) is 5.26 Å². The molecule has 0 saturated carbocycles. The van der Waals surface area contributed by atoms with Crippen LogP contribution in [0.5, 0.6) is 5.75 Å². The molecule has 3 fully saturated rings. The Kier molecular flexibility index (Phi) is 8.64. The molecule has 9 heteroatoms. The van der Waals surface area contributed by atoms with E-state index in [1.807, 2.05) is 36.5 Å². The molecular formula is C33H40ClN7O. The molecule has 0 spiro atoms. The van der Waals surface area contributed by atoms with Gasteiger partial charge in [0.05, 0.1) is 17.3 Å². The van der Waals surface area contributed by atoms with Crippen LogP contribution in [0.15, 0.2) is 54.7 Å². The van der Waals surface area contributed by atoms with Gasteiger partial charge in [-0.05, 0) is 66.9 Å². The lowest BCUT2D eigenvalue weighted by atomic mass is 9.78. The summed E-state index contributed by atoms with van der Waals surface area (Å²) >= 11 is 6.27. The van der Waals surface area contributed by atoms with E-state index in [-0.39, 0.29) is 5.41 Å². The number of hydrogen-bond donors (Lipinski definition) is 1. The first-order valence-corrected chi connectivity index (χ1v) is 15.5. The predicted molar refractivity (Wildman–Crippen MR) is 166 cm³/mol. The van der Waals surface area contributed by atoms with Crippen molar-refractivity contribution >= 4 is 17.5 Å². The van der Waals surface area contributed by atoms with Gasteiger partial charge in [-0.15, -0.1) is 0 Å². The van der Waals surface area contributed by atoms with Crippen LogP contribution in [0.1, 0.15) is 49.1 Å². The molecule has 0 radical (unpaired) electrons. The fourth-order valence-corrected chi connectivity index (χ4v) is 6.61. The molecule has 3 aliphatic heterocycles. The fourth-order valence-electron chi connectivity index (χ4n) is 6.37. The van der Waals surface area contributed by atoms with Crippen LogP contribution in [0.2, 0.25) is 5.02 Å². The highest BCUT2D eigenvalue weighted by molar-refractivity contribution is 6.30. The normalized spacial score (nSPS) is 20.6. The predicted octanol–water partition coefficient (Wildman–Crippen LogP) is 4.46. The van der Waals surface area contributed by atoms with E-state index in [4.69, 9.17) is 21.3 Å². The summed E-state index contributed by atoms with van der Waals surface area (Å²) in [6.07, 6.45) is 4.47. The number of anilines is 1. The topological polar surface area (TPSA) is 80.6 Å². The quantitative estimate of drug-likeness (QED) is 0.415. The van der Waals surface area contributed by atoms with Crippen molar-refractivity contribution in [2.75, 3.05) is 57.3 Å². The van der Waals surface area contributed by atoms with Gasteiger partial charge in [-0.1, -0.05) is 37.6 Å². The van der Waals surface area contributed by atoms with Crippen molar-refractivity contribution in [3.05, 3.63) is 82.1 Å². The minimum atomic E-state index is -0.314. The van der Waals surface area contributed by atoms with Gasteiger partial charge in [0.1, 0.15) is 12.4 Å². The molecule has 1 N–H and O–H groups in total. The summed E-state index contributed by atoms with van der Waals surface area (Å²) < 4.78 is 6.10. The maximum Gasteiger partial charge on any atom is 0.225 e. The van der Waals surface area contributed by atoms with Crippen LogP contribution in [0.4, 0.5) is 5.95 Å². The first kappa shape index (κ1) is 28.9. The minimum absolute atomic E-state index is 0.314. The van der Waals surface area contributed by atoms with Crippen molar-refractivity contribution < 1.29 is 4.74 Å². The standard InChI is InChI=1S/C33H40ClN7O/c1-33(2,26-16-24(19-35)17-27(34)18-26)25-5-7-31(8-6-25)42-23-28-9-11-37-32(38-28)40-14-12-39(13-15-40)30-21-41(22-30)29-4-3-10-36-20-29/h5-9,11,16-18,29-30,36H,3-4,10,12-15,20-23H2,1-2H3. The third-order valence-electron chi connectivity index (χ3n) is 9.20. The molecule has 3 saturated heterocycles. The molecule has 3 aromatic rings. The Hall–Kier alpha value is -3.22. The average Bonchev–Trinajstić information content (AvgIpc) is 3.00. The van der Waals surface area contributed by atoms with Crippen LogP contribution in [0, 0.1) is 11.3 Å². The van der Waals surface area contributed by atoms with Crippen molar-refractivity contribution in [3.63, 3.8) is 0 Å². The molecule has 1 atom stereocenters. The number of piperidine rings is 1. The van der Waals surface area contributed by atoms with Gasteiger partial charge in [0.2, 0.25) is 5.95 Å². The molecule has 8 nitrogen and oxygen atoms in total. The largest absolute Gasteiger partial charge is 0.487 e. The maximum atomic E-state index is 9.35. The van der Waals surface area contributed by atoms with Gasteiger partial charge in [0.15, 0.2) is 0 Å². The van der Waals surface area contributed by atoms with Crippen LogP contribution < -0.4 is 15.0 Å². The number of ether oxygens (including phenoxy) is 1. The number of hydrogen-bond acceptors (Lipinski definition) is 8. The maximum absolute atomic E-state index is 9.35. The zero-order valence-electron chi connectivity index (χ0n) is 24.6. The fraction of sp³-hybridized carbons (Fsp3) is 0.485. The molecule has 220 valence electrons. The van der Waals surface area contributed by atoms with E-state index in [1.165, 1.54) is 32.5 Å². The van der Waals surface area contributed by atoms with Crippen LogP contribution in [-0.2, 0) is 12.0 Å². The molecule has 4 heterocycles. The summed E-state index contributed by atoms with van der Waals surface area (Å²) in [6, 6.07) is 19.2. The van der Waals surface area contributed by atoms with Gasteiger partial charge in [-0.3, -0.25) is 9.80 Å². The number of nitriles is 1. The van der Waals surface area contributed by atoms with Crippen LogP contribution in [0.3, 0.4) is 0 Å². The molecule has 6 rings (SSSR count). The number of halogens is 1. The summed E-state index contributed by atoms with van der Waals surface area (Å²) in [5.74, 6) is 1.57. The van der Waals surface area contributed by atoms with Gasteiger partial charge >= 0.3 is 0 Å². The number of nitrogens with zero attached hydrogens (tertiary/aromatic N) is 6. The number of nitrogens with one attached hydrogen (secondary N) is 1. The molecule has 0 amide bonds. The van der Waals surface area contributed by atoms with Crippen molar-refractivity contribution in [1.82, 2.24) is 25.1 Å². The molecule has 42 heavy (non-hydrogen) atoms. The molecule has 0 bridgehead atoms. The second kappa shape index (κ2) is 12.6. The molecule has 2 aromatic carbocycles. The summed E-state index contributed by atoms with van der Waals surface area (Å²) in [5.41, 5.74) is 3.23. The second-order valence-electron chi connectivity index (χ2n) is 12.3. The average molecular weight is 586 g/mol. The smallest absolute Gasteiger partial charge is 0.225 e. The summed E-state index contributed by atoms with van der Waals surface area (Å²) in [6.45, 7) is 13.4. The van der Waals surface area contributed by atoms with Crippen molar-refractivity contribution in [2.45, 2.75) is 50.8 Å². The van der Waals surface area contributed by atoms with E-state index >= 15 is 0 Å². The zero-order valence-corrected chi connectivity index (χ0v) is 25.4. The highest BCUT2D eigenvalue weighted by Gasteiger charge is 2.37. The summed E-state index contributed by atoms with van der Waals surface area (Å²) in [5, 5.41) is 13.5. The summed E-state index contributed by atoms with van der Waals surface area (Å²) in [4.78, 5) is 17.0. The highest BCUT2D eigenvalue weighted by Crippen LogP contribution is 2.34. The molecule has 0 aliphatic carbocycles. The Bertz CT molecular complexity index is 1400. The Morgan fingerprint density at radius 3 is 2.50 bits per heavy atom. The van der Waals surface area contributed by atoms with Crippen LogP contribution >= 0.6 is 11.6 Å². The first-order valence-electron chi connectivity index (χ1n) is 15.1. The molecular weight excluding hydrogens is 546 g/mol. The Morgan fingerprint density at radius 1 is 1.00 bits per heavy atom. The van der Waals surface area contributed by atoms with Gasteiger partial charge in [-0.25, -0.2) is 9.97 Å². The van der Waals surface area contributed by atoms with E-state index in [1.54, 1.807) is 6.07 Å². The lowest BCUT2D eigenvalue weighted by molar-refractivity contribution is -0.00406. The molecule has 1 unspecified atom stereocenters. The monoisotopic (exact) mass is 585 g/mol. The third kappa shape index (κ3) is 6.40. The van der Waals surface area contributed by atoms with Gasteiger partial charge in [-0.2, -0.15) is 5.26 Å². The number of benzene rings is 2. The number of aromatic nitrogens is 2. The number of rotatable bonds is 8. The summed E-state index contributed by atoms with van der Waals surface area (Å²) in [7, 11) is 0. The Labute approximate surface area is 254 Å². The SMILES string of the molecule is CC(C)(c1ccc(OCc2ccnc(N3CCN(C4CN(C5CCCNC5)C4)CC3)n2)cc1)c1cc(Cl)cc(C#N)c1. The molecule has 3 aliphatic rings. The van der Waals surface area contributed by atoms with Gasteiger partial charge in [0.25, 0.3) is 0 Å². The Balaban J connectivity index is 1.00. The Morgan fingerprint density at radius 2 is 1.79 bits per heavy atom. The van der Waals surface area contributed by atoms with Crippen molar-refractivity contribution in [1.29, 1.82) is 5.26 Å². The third-order valence-corrected chi connectivity index (χ3v) is 9.42. The number of likely N-dealkylation sites (tertiary alicyclic amines) is 1. The van der Waals surface area contributed by atoms with E-state index in [0.29, 0.717) is 23.2 Å². The van der Waals surface area contributed by atoms with Crippen LogP contribution in [0.25, 0.3) is 0 Å². The lowest BCUT2D eigenvalue weighted by Crippen LogP contribution is -2.66. The lowest BCUT2D eigenvalue weighted by Gasteiger charge is -2.51.